The molecule has 5 rings (SSSR count). The molecule has 0 saturated carbocycles. The molecule has 310 valence electrons. The van der Waals surface area contributed by atoms with Crippen molar-refractivity contribution < 1.29 is 57.6 Å². The Kier molecular flexibility index (Phi) is 14.9. The molecule has 0 amide bonds. The summed E-state index contributed by atoms with van der Waals surface area (Å²) in [7, 11) is 15.5. The highest BCUT2D eigenvalue weighted by Crippen LogP contribution is 2.45. The zero-order valence-corrected chi connectivity index (χ0v) is 37.2. The molecule has 0 unspecified atom stereocenters. The van der Waals surface area contributed by atoms with E-state index < -0.39 is 12.2 Å². The van der Waals surface area contributed by atoms with Crippen molar-refractivity contribution in [3.05, 3.63) is 114 Å². The lowest BCUT2D eigenvalue weighted by Gasteiger charge is -2.24. The van der Waals surface area contributed by atoms with Crippen LogP contribution in [-0.4, -0.2) is 81.3 Å². The first-order valence-electron chi connectivity index (χ1n) is 17.9. The van der Waals surface area contributed by atoms with E-state index in [-0.39, 0.29) is 0 Å². The lowest BCUT2D eigenvalue weighted by molar-refractivity contribution is 0.216. The molecule has 58 heavy (non-hydrogen) atoms. The molecular formula is C44H48Br2O12. The van der Waals surface area contributed by atoms with Gasteiger partial charge in [-0.05, 0) is 107 Å². The molecule has 2 atom stereocenters. The smallest absolute Gasteiger partial charge is 0.161 e. The largest absolute Gasteiger partial charge is 0.493 e. The standard InChI is InChI=1S/C44H48Br2O12/c1-49-33-13-23(11-25-15-35(51-3)37(53-5)17-27(25)43(47)29-19-39(55-7)41(57-9)21-31(29)45)24(14-34(33)50-2)12-26-16-36(52-4)38(54-6)18-28(26)44(48)30-20-40(56-8)42(58-10)22-32(30)46/h13-22,43-44,47-48H,11-12H2,1-10H3/t43-,44+. The predicted octanol–water partition coefficient (Wildman–Crippen LogP) is 8.64. The molecule has 0 aliphatic carbocycles. The zero-order valence-electron chi connectivity index (χ0n) is 34.1. The molecule has 14 heteroatoms. The second-order valence-electron chi connectivity index (χ2n) is 12.9. The van der Waals surface area contributed by atoms with E-state index in [1.54, 1.807) is 93.3 Å². The second-order valence-corrected chi connectivity index (χ2v) is 14.6. The van der Waals surface area contributed by atoms with Gasteiger partial charge in [0.15, 0.2) is 57.5 Å². The average Bonchev–Trinajstić information content (AvgIpc) is 3.25. The van der Waals surface area contributed by atoms with Crippen LogP contribution < -0.4 is 47.4 Å². The summed E-state index contributed by atoms with van der Waals surface area (Å²) in [5, 5.41) is 24.3. The van der Waals surface area contributed by atoms with E-state index in [4.69, 9.17) is 47.4 Å². The van der Waals surface area contributed by atoms with Crippen LogP contribution in [0.2, 0.25) is 0 Å². The van der Waals surface area contributed by atoms with Crippen molar-refractivity contribution in [2.45, 2.75) is 25.0 Å². The molecule has 5 aromatic carbocycles. The number of benzene rings is 5. The number of hydrogen-bond acceptors (Lipinski definition) is 12. The lowest BCUT2D eigenvalue weighted by atomic mass is 9.87. The minimum absolute atomic E-state index is 0.305. The molecule has 0 aliphatic heterocycles. The van der Waals surface area contributed by atoms with Gasteiger partial charge in [0.25, 0.3) is 0 Å². The molecule has 0 aromatic heterocycles. The fourth-order valence-electron chi connectivity index (χ4n) is 6.89. The van der Waals surface area contributed by atoms with Gasteiger partial charge in [-0.15, -0.1) is 0 Å². The second kappa shape index (κ2) is 19.6. The Hall–Kier alpha value is -5.02. The number of ether oxygens (including phenoxy) is 10. The van der Waals surface area contributed by atoms with Crippen LogP contribution in [0, 0.1) is 0 Å². The van der Waals surface area contributed by atoms with E-state index in [1.165, 1.54) is 14.2 Å². The van der Waals surface area contributed by atoms with Gasteiger partial charge in [-0.3, -0.25) is 0 Å². The predicted molar refractivity (Wildman–Crippen MR) is 227 cm³/mol. The van der Waals surface area contributed by atoms with Gasteiger partial charge in [-0.25, -0.2) is 0 Å². The molecule has 0 aliphatic rings. The minimum Gasteiger partial charge on any atom is -0.493 e. The summed E-state index contributed by atoms with van der Waals surface area (Å²) in [6, 6.07) is 18.0. The van der Waals surface area contributed by atoms with Crippen LogP contribution in [0.15, 0.2) is 69.6 Å². The third-order valence-electron chi connectivity index (χ3n) is 9.94. The third-order valence-corrected chi connectivity index (χ3v) is 11.3. The monoisotopic (exact) mass is 926 g/mol. The summed E-state index contributed by atoms with van der Waals surface area (Å²) >= 11 is 7.25. The van der Waals surface area contributed by atoms with Crippen molar-refractivity contribution in [3.8, 4) is 57.5 Å². The number of halogens is 2. The Morgan fingerprint density at radius 1 is 0.328 bits per heavy atom. The molecule has 0 saturated heterocycles. The van der Waals surface area contributed by atoms with Gasteiger partial charge < -0.3 is 57.6 Å². The van der Waals surface area contributed by atoms with Crippen molar-refractivity contribution >= 4 is 31.9 Å². The van der Waals surface area contributed by atoms with Crippen molar-refractivity contribution in [1.82, 2.24) is 0 Å². The maximum atomic E-state index is 12.1. The van der Waals surface area contributed by atoms with E-state index in [9.17, 15) is 10.2 Å². The maximum absolute atomic E-state index is 12.1. The quantitative estimate of drug-likeness (QED) is 0.0872. The van der Waals surface area contributed by atoms with Crippen LogP contribution in [0.4, 0.5) is 0 Å². The number of hydrogen-bond donors (Lipinski definition) is 2. The molecule has 0 bridgehead atoms. The first kappa shape index (κ1) is 44.1. The van der Waals surface area contributed by atoms with Gasteiger partial charge in [0.1, 0.15) is 12.2 Å². The Morgan fingerprint density at radius 2 is 0.534 bits per heavy atom. The fraction of sp³-hybridized carbons (Fsp3) is 0.318. The fourth-order valence-corrected chi connectivity index (χ4v) is 7.96. The van der Waals surface area contributed by atoms with E-state index >= 15 is 0 Å². The van der Waals surface area contributed by atoms with Crippen LogP contribution in [0.1, 0.15) is 56.7 Å². The van der Waals surface area contributed by atoms with Gasteiger partial charge in [-0.1, -0.05) is 31.9 Å². The van der Waals surface area contributed by atoms with Gasteiger partial charge in [0.2, 0.25) is 0 Å². The van der Waals surface area contributed by atoms with Crippen molar-refractivity contribution in [3.63, 3.8) is 0 Å². The summed E-state index contributed by atoms with van der Waals surface area (Å²) in [6.45, 7) is 0. The molecule has 12 nitrogen and oxygen atoms in total. The van der Waals surface area contributed by atoms with Gasteiger partial charge >= 0.3 is 0 Å². The Balaban J connectivity index is 1.71. The van der Waals surface area contributed by atoms with Crippen molar-refractivity contribution in [1.29, 1.82) is 0 Å². The maximum Gasteiger partial charge on any atom is 0.161 e. The van der Waals surface area contributed by atoms with Crippen LogP contribution in [0.3, 0.4) is 0 Å². The summed E-state index contributed by atoms with van der Waals surface area (Å²) in [5.41, 5.74) is 5.37. The summed E-state index contributed by atoms with van der Waals surface area (Å²) in [6.07, 6.45) is -1.67. The van der Waals surface area contributed by atoms with E-state index in [1.807, 2.05) is 24.3 Å². The molecule has 5 aromatic rings. The van der Waals surface area contributed by atoms with Gasteiger partial charge in [-0.2, -0.15) is 0 Å². The highest BCUT2D eigenvalue weighted by molar-refractivity contribution is 9.10. The third kappa shape index (κ3) is 9.00. The highest BCUT2D eigenvalue weighted by Gasteiger charge is 2.27. The van der Waals surface area contributed by atoms with Crippen LogP contribution >= 0.6 is 31.9 Å². The molecule has 0 spiro atoms. The Bertz CT molecular complexity index is 2090. The number of aliphatic hydroxyl groups is 2. The van der Waals surface area contributed by atoms with E-state index in [0.717, 1.165) is 22.3 Å². The van der Waals surface area contributed by atoms with Gasteiger partial charge in [0.05, 0.1) is 71.1 Å². The van der Waals surface area contributed by atoms with Gasteiger partial charge in [0, 0.05) is 20.1 Å². The summed E-state index contributed by atoms with van der Waals surface area (Å²) in [4.78, 5) is 0. The minimum atomic E-state index is -1.14. The van der Waals surface area contributed by atoms with E-state index in [2.05, 4.69) is 31.9 Å². The first-order chi connectivity index (χ1) is 27.9. The Labute approximate surface area is 355 Å². The van der Waals surface area contributed by atoms with Crippen LogP contribution in [0.25, 0.3) is 0 Å². The molecule has 0 heterocycles. The number of methoxy groups -OCH3 is 10. The molecule has 0 radical (unpaired) electrons. The molecule has 0 fully saturated rings. The average molecular weight is 929 g/mol. The first-order valence-corrected chi connectivity index (χ1v) is 19.4. The normalized spacial score (nSPS) is 12.0. The SMILES string of the molecule is COc1cc(Br)c([C@@H](O)c2cc(OC)c(OC)cc2Cc2cc(OC)c(OC)cc2Cc2cc(OC)c(OC)cc2[C@@H](O)c2cc(OC)c(OC)cc2Br)cc1OC. The van der Waals surface area contributed by atoms with Crippen LogP contribution in [-0.2, 0) is 12.8 Å². The highest BCUT2D eigenvalue weighted by atomic mass is 79.9. The summed E-state index contributed by atoms with van der Waals surface area (Å²) in [5.74, 6) is 4.78. The topological polar surface area (TPSA) is 133 Å². The molecule has 2 N–H and O–H groups in total. The van der Waals surface area contributed by atoms with Crippen molar-refractivity contribution in [2.24, 2.45) is 0 Å². The summed E-state index contributed by atoms with van der Waals surface area (Å²) < 4.78 is 57.9. The lowest BCUT2D eigenvalue weighted by Crippen LogP contribution is -2.10. The Morgan fingerprint density at radius 3 is 0.793 bits per heavy atom. The van der Waals surface area contributed by atoms with Crippen LogP contribution in [0.5, 0.6) is 57.5 Å². The molecular weight excluding hydrogens is 880 g/mol. The zero-order chi connectivity index (χ0) is 42.3. The number of aliphatic hydroxyl groups excluding tert-OH is 2. The van der Waals surface area contributed by atoms with Crippen molar-refractivity contribution in [2.75, 3.05) is 71.1 Å². The van der Waals surface area contributed by atoms with E-state index in [0.29, 0.717) is 102 Å². The number of rotatable bonds is 18.